The van der Waals surface area contributed by atoms with E-state index in [2.05, 4.69) is 0 Å². The molecule has 1 fully saturated rings. The average molecular weight is 337 g/mol. The summed E-state index contributed by atoms with van der Waals surface area (Å²) in [4.78, 5) is 23.1. The summed E-state index contributed by atoms with van der Waals surface area (Å²) in [6.07, 6.45) is -0.176. The molecule has 0 saturated carbocycles. The topological polar surface area (TPSA) is 87.9 Å². The van der Waals surface area contributed by atoms with Gasteiger partial charge in [-0.1, -0.05) is 30.3 Å². The van der Waals surface area contributed by atoms with Crippen molar-refractivity contribution < 1.29 is 23.9 Å². The Morgan fingerprint density at radius 1 is 1.42 bits per heavy atom. The van der Waals surface area contributed by atoms with Crippen molar-refractivity contribution in [1.29, 1.82) is 0 Å². The van der Waals surface area contributed by atoms with E-state index < -0.39 is 34.6 Å². The van der Waals surface area contributed by atoms with Crippen LogP contribution in [0.4, 0.5) is 0 Å². The Morgan fingerprint density at radius 3 is 2.58 bits per heavy atom. The largest absolute Gasteiger partial charge is 0.469 e. The molecule has 0 radical (unpaired) electrons. The highest BCUT2D eigenvalue weighted by Gasteiger charge is 2.45. The van der Waals surface area contributed by atoms with E-state index in [4.69, 9.17) is 14.2 Å². The van der Waals surface area contributed by atoms with Gasteiger partial charge in [-0.3, -0.25) is 14.9 Å². The molecule has 132 valence electrons. The number of hydrogen-bond donors (Lipinski definition) is 0. The molecule has 0 spiro atoms. The molecule has 0 aliphatic carbocycles. The number of nitrogens with zero attached hydrogens (tertiary/aromatic N) is 1. The maximum Gasteiger partial charge on any atom is 0.309 e. The monoisotopic (exact) mass is 337 g/mol. The summed E-state index contributed by atoms with van der Waals surface area (Å²) in [5, 5.41) is 11.2. The number of rotatable bonds is 7. The first-order valence-corrected chi connectivity index (χ1v) is 7.87. The molecular weight excluding hydrogens is 314 g/mol. The van der Waals surface area contributed by atoms with Crippen LogP contribution >= 0.6 is 0 Å². The normalized spacial score (nSPS) is 21.9. The van der Waals surface area contributed by atoms with E-state index in [0.29, 0.717) is 6.42 Å². The van der Waals surface area contributed by atoms with Gasteiger partial charge in [-0.05, 0) is 25.8 Å². The SMILES string of the molecule is COC(=O)[C@H](Cc1ccccc1)[C@@H](C[N+](=O)[O-])[C@H]1COC(C)(C)O1. The van der Waals surface area contributed by atoms with Crippen molar-refractivity contribution in [3.63, 3.8) is 0 Å². The fraction of sp³-hybridized carbons (Fsp3) is 0.588. The summed E-state index contributed by atoms with van der Waals surface area (Å²) in [5.74, 6) is -2.59. The zero-order valence-corrected chi connectivity index (χ0v) is 14.1. The number of ether oxygens (including phenoxy) is 3. The molecule has 2 rings (SSSR count). The molecule has 24 heavy (non-hydrogen) atoms. The molecule has 1 aromatic carbocycles. The lowest BCUT2D eigenvalue weighted by molar-refractivity contribution is -0.492. The molecule has 1 saturated heterocycles. The van der Waals surface area contributed by atoms with Gasteiger partial charge in [0, 0.05) is 4.92 Å². The van der Waals surface area contributed by atoms with Crippen LogP contribution in [0.1, 0.15) is 19.4 Å². The maximum absolute atomic E-state index is 12.3. The summed E-state index contributed by atoms with van der Waals surface area (Å²) in [6, 6.07) is 9.38. The predicted octanol–water partition coefficient (Wildman–Crippen LogP) is 2.06. The molecule has 1 heterocycles. The minimum Gasteiger partial charge on any atom is -0.469 e. The van der Waals surface area contributed by atoms with Crippen LogP contribution in [0.2, 0.25) is 0 Å². The van der Waals surface area contributed by atoms with E-state index in [9.17, 15) is 14.9 Å². The molecule has 1 aliphatic heterocycles. The molecule has 0 unspecified atom stereocenters. The van der Waals surface area contributed by atoms with E-state index in [-0.39, 0.29) is 13.2 Å². The highest BCUT2D eigenvalue weighted by Crippen LogP contribution is 2.32. The van der Waals surface area contributed by atoms with Gasteiger partial charge in [0.05, 0.1) is 31.7 Å². The Balaban J connectivity index is 2.26. The molecule has 0 bridgehead atoms. The van der Waals surface area contributed by atoms with Gasteiger partial charge in [-0.15, -0.1) is 0 Å². The van der Waals surface area contributed by atoms with E-state index in [1.807, 2.05) is 30.3 Å². The fourth-order valence-electron chi connectivity index (χ4n) is 3.03. The van der Waals surface area contributed by atoms with Crippen LogP contribution in [0, 0.1) is 22.0 Å². The second-order valence-electron chi connectivity index (χ2n) is 6.37. The smallest absolute Gasteiger partial charge is 0.309 e. The number of carbonyl (C=O) groups excluding carboxylic acids is 1. The third kappa shape index (κ3) is 4.75. The third-order valence-electron chi connectivity index (χ3n) is 4.19. The Bertz CT molecular complexity index is 574. The minimum atomic E-state index is -0.813. The molecule has 0 N–H and O–H groups in total. The Morgan fingerprint density at radius 2 is 2.08 bits per heavy atom. The maximum atomic E-state index is 12.3. The second kappa shape index (κ2) is 7.72. The highest BCUT2D eigenvalue weighted by atomic mass is 16.7. The van der Waals surface area contributed by atoms with Gasteiger partial charge < -0.3 is 14.2 Å². The first-order valence-electron chi connectivity index (χ1n) is 7.87. The fourth-order valence-corrected chi connectivity index (χ4v) is 3.03. The Kier molecular flexibility index (Phi) is 5.90. The summed E-state index contributed by atoms with van der Waals surface area (Å²) in [6.45, 7) is 3.34. The van der Waals surface area contributed by atoms with E-state index in [1.54, 1.807) is 13.8 Å². The van der Waals surface area contributed by atoms with Gasteiger partial charge in [0.2, 0.25) is 6.54 Å². The summed E-state index contributed by atoms with van der Waals surface area (Å²) in [7, 11) is 1.29. The van der Waals surface area contributed by atoms with Crippen LogP contribution in [-0.2, 0) is 25.4 Å². The number of methoxy groups -OCH3 is 1. The van der Waals surface area contributed by atoms with Crippen molar-refractivity contribution in [2.24, 2.45) is 11.8 Å². The van der Waals surface area contributed by atoms with Crippen LogP contribution in [0.25, 0.3) is 0 Å². The molecule has 1 aromatic rings. The number of nitro groups is 1. The first-order chi connectivity index (χ1) is 11.3. The van der Waals surface area contributed by atoms with Crippen molar-refractivity contribution in [3.05, 3.63) is 46.0 Å². The molecular formula is C17H23NO6. The molecule has 7 heteroatoms. The van der Waals surface area contributed by atoms with Crippen molar-refractivity contribution in [1.82, 2.24) is 0 Å². The van der Waals surface area contributed by atoms with Crippen LogP contribution in [0.15, 0.2) is 30.3 Å². The lowest BCUT2D eigenvalue weighted by Crippen LogP contribution is -2.41. The zero-order valence-electron chi connectivity index (χ0n) is 14.1. The summed E-state index contributed by atoms with van der Waals surface area (Å²) < 4.78 is 16.2. The van der Waals surface area contributed by atoms with Crippen molar-refractivity contribution in [2.45, 2.75) is 32.2 Å². The molecule has 0 amide bonds. The van der Waals surface area contributed by atoms with Crippen LogP contribution in [0.3, 0.4) is 0 Å². The van der Waals surface area contributed by atoms with E-state index in [1.165, 1.54) is 7.11 Å². The molecule has 3 atom stereocenters. The number of hydrogen-bond acceptors (Lipinski definition) is 6. The van der Waals surface area contributed by atoms with Crippen molar-refractivity contribution >= 4 is 5.97 Å². The van der Waals surface area contributed by atoms with Gasteiger partial charge >= 0.3 is 5.97 Å². The van der Waals surface area contributed by atoms with Crippen LogP contribution < -0.4 is 0 Å². The van der Waals surface area contributed by atoms with Gasteiger partial charge in [0.1, 0.15) is 0 Å². The van der Waals surface area contributed by atoms with Crippen LogP contribution in [-0.4, -0.2) is 43.0 Å². The predicted molar refractivity (Wildman–Crippen MR) is 85.9 cm³/mol. The van der Waals surface area contributed by atoms with Gasteiger partial charge in [0.25, 0.3) is 0 Å². The highest BCUT2D eigenvalue weighted by molar-refractivity contribution is 5.73. The van der Waals surface area contributed by atoms with E-state index >= 15 is 0 Å². The van der Waals surface area contributed by atoms with Crippen LogP contribution in [0.5, 0.6) is 0 Å². The quantitative estimate of drug-likeness (QED) is 0.430. The number of benzene rings is 1. The lowest BCUT2D eigenvalue weighted by Gasteiger charge is -2.27. The average Bonchev–Trinajstić information content (AvgIpc) is 2.90. The Labute approximate surface area is 141 Å². The first kappa shape index (κ1) is 18.4. The van der Waals surface area contributed by atoms with Crippen molar-refractivity contribution in [2.75, 3.05) is 20.3 Å². The molecule has 0 aromatic heterocycles. The molecule has 7 nitrogen and oxygen atoms in total. The third-order valence-corrected chi connectivity index (χ3v) is 4.19. The number of esters is 1. The van der Waals surface area contributed by atoms with Gasteiger partial charge in [-0.25, -0.2) is 0 Å². The molecule has 1 aliphatic rings. The summed E-state index contributed by atoms with van der Waals surface area (Å²) in [5.41, 5.74) is 0.916. The lowest BCUT2D eigenvalue weighted by atomic mass is 9.83. The zero-order chi connectivity index (χ0) is 17.7. The van der Waals surface area contributed by atoms with Gasteiger partial charge in [-0.2, -0.15) is 0 Å². The van der Waals surface area contributed by atoms with Crippen molar-refractivity contribution in [3.8, 4) is 0 Å². The van der Waals surface area contributed by atoms with Gasteiger partial charge in [0.15, 0.2) is 5.79 Å². The minimum absolute atomic E-state index is 0.216. The second-order valence-corrected chi connectivity index (χ2v) is 6.37. The standard InChI is InChI=1S/C17H23NO6/c1-17(2)23-11-15(24-17)14(10-18(20)21)13(16(19)22-3)9-12-7-5-4-6-8-12/h4-8,13-15H,9-11H2,1-3H3/t13-,14-,15-/m1/s1. The summed E-state index contributed by atoms with van der Waals surface area (Å²) >= 11 is 0. The number of carbonyl (C=O) groups is 1. The van der Waals surface area contributed by atoms with E-state index in [0.717, 1.165) is 5.56 Å². The Hall–Kier alpha value is -1.99.